The van der Waals surface area contributed by atoms with Gasteiger partial charge in [0.15, 0.2) is 5.76 Å². The Balaban J connectivity index is 1.65. The van der Waals surface area contributed by atoms with Crippen molar-refractivity contribution in [2.45, 2.75) is 0 Å². The van der Waals surface area contributed by atoms with Crippen molar-refractivity contribution in [3.8, 4) is 23.0 Å². The molecule has 1 amide bonds. The number of carbonyl (C=O) groups excluding carboxylic acids is 1. The first-order valence-electron chi connectivity index (χ1n) is 7.85. The molecular formula is C19H11Cl2N3O3. The largest absolute Gasteiger partial charge is 0.461 e. The Hall–Kier alpha value is -3.09. The molecule has 27 heavy (non-hydrogen) atoms. The summed E-state index contributed by atoms with van der Waals surface area (Å²) in [4.78, 5) is 16.9. The highest BCUT2D eigenvalue weighted by Gasteiger charge is 2.18. The predicted octanol–water partition coefficient (Wildman–Crippen LogP) is 5.56. The molecule has 6 nitrogen and oxygen atoms in total. The fourth-order valence-electron chi connectivity index (χ4n) is 2.48. The van der Waals surface area contributed by atoms with Crippen molar-refractivity contribution < 1.29 is 13.7 Å². The van der Waals surface area contributed by atoms with E-state index in [1.54, 1.807) is 48.5 Å². The number of rotatable bonds is 4. The maximum Gasteiger partial charge on any atom is 0.260 e. The first-order chi connectivity index (χ1) is 13.1. The van der Waals surface area contributed by atoms with Crippen LogP contribution in [0.25, 0.3) is 23.0 Å². The van der Waals surface area contributed by atoms with Crippen molar-refractivity contribution in [1.82, 2.24) is 10.1 Å². The number of benzene rings is 2. The van der Waals surface area contributed by atoms with Crippen LogP contribution in [0.4, 0.5) is 5.69 Å². The van der Waals surface area contributed by atoms with E-state index in [1.165, 1.54) is 12.3 Å². The number of aromatic nitrogens is 2. The Labute approximate surface area is 163 Å². The SMILES string of the molecule is O=C(Nc1ccccc1-c1nc(-c2ccco2)no1)c1ccc(Cl)cc1Cl. The average Bonchev–Trinajstić information content (AvgIpc) is 3.34. The zero-order valence-electron chi connectivity index (χ0n) is 13.6. The van der Waals surface area contributed by atoms with E-state index in [4.69, 9.17) is 32.1 Å². The number of carbonyl (C=O) groups is 1. The molecule has 4 rings (SSSR count). The van der Waals surface area contributed by atoms with Gasteiger partial charge in [0.2, 0.25) is 5.82 Å². The van der Waals surface area contributed by atoms with E-state index >= 15 is 0 Å². The van der Waals surface area contributed by atoms with Gasteiger partial charge in [-0.1, -0.05) is 40.5 Å². The van der Waals surface area contributed by atoms with Crippen LogP contribution in [0.15, 0.2) is 69.8 Å². The van der Waals surface area contributed by atoms with Gasteiger partial charge < -0.3 is 14.3 Å². The molecule has 0 unspecified atom stereocenters. The molecule has 0 saturated carbocycles. The lowest BCUT2D eigenvalue weighted by Gasteiger charge is -2.09. The standard InChI is InChI=1S/C19H11Cl2N3O3/c20-11-7-8-12(14(21)10-11)18(25)22-15-5-2-1-4-13(15)19-23-17(24-27-19)16-6-3-9-26-16/h1-10H,(H,22,25). The molecule has 0 radical (unpaired) electrons. The molecule has 0 aliphatic heterocycles. The Bertz CT molecular complexity index is 1110. The third-order valence-corrected chi connectivity index (χ3v) is 4.30. The van der Waals surface area contributed by atoms with Gasteiger partial charge in [-0.2, -0.15) is 4.98 Å². The number of amides is 1. The van der Waals surface area contributed by atoms with Gasteiger partial charge >= 0.3 is 0 Å². The molecule has 0 fully saturated rings. The Morgan fingerprint density at radius 3 is 2.67 bits per heavy atom. The highest BCUT2D eigenvalue weighted by Crippen LogP contribution is 2.30. The van der Waals surface area contributed by atoms with Crippen LogP contribution in [0.5, 0.6) is 0 Å². The number of hydrogen-bond acceptors (Lipinski definition) is 5. The minimum atomic E-state index is -0.380. The Morgan fingerprint density at radius 2 is 1.89 bits per heavy atom. The van der Waals surface area contributed by atoms with Crippen LogP contribution in [-0.2, 0) is 0 Å². The lowest BCUT2D eigenvalue weighted by atomic mass is 10.1. The molecule has 1 N–H and O–H groups in total. The van der Waals surface area contributed by atoms with Crippen molar-refractivity contribution in [3.63, 3.8) is 0 Å². The molecular weight excluding hydrogens is 389 g/mol. The molecule has 0 saturated heterocycles. The molecule has 2 heterocycles. The lowest BCUT2D eigenvalue weighted by molar-refractivity contribution is 0.102. The van der Waals surface area contributed by atoms with Gasteiger partial charge in [-0.15, -0.1) is 0 Å². The van der Waals surface area contributed by atoms with E-state index in [0.29, 0.717) is 33.4 Å². The van der Waals surface area contributed by atoms with Crippen molar-refractivity contribution in [2.24, 2.45) is 0 Å². The summed E-state index contributed by atoms with van der Waals surface area (Å²) in [6.45, 7) is 0. The lowest BCUT2D eigenvalue weighted by Crippen LogP contribution is -2.13. The molecule has 8 heteroatoms. The van der Waals surface area contributed by atoms with Gasteiger partial charge in [0.25, 0.3) is 11.8 Å². The number of para-hydroxylation sites is 1. The predicted molar refractivity (Wildman–Crippen MR) is 102 cm³/mol. The van der Waals surface area contributed by atoms with Crippen LogP contribution >= 0.6 is 23.2 Å². The van der Waals surface area contributed by atoms with Gasteiger partial charge in [0.1, 0.15) is 0 Å². The topological polar surface area (TPSA) is 81.2 Å². The smallest absolute Gasteiger partial charge is 0.260 e. The first kappa shape index (κ1) is 17.3. The molecule has 0 aliphatic rings. The summed E-state index contributed by atoms with van der Waals surface area (Å²) in [5, 5.41) is 7.43. The quantitative estimate of drug-likeness (QED) is 0.485. The van der Waals surface area contributed by atoms with E-state index in [2.05, 4.69) is 15.5 Å². The second kappa shape index (κ2) is 7.26. The summed E-state index contributed by atoms with van der Waals surface area (Å²) >= 11 is 12.0. The Kier molecular flexibility index (Phi) is 4.66. The normalized spacial score (nSPS) is 10.7. The first-order valence-corrected chi connectivity index (χ1v) is 8.61. The highest BCUT2D eigenvalue weighted by molar-refractivity contribution is 6.37. The molecule has 0 spiro atoms. The molecule has 0 atom stereocenters. The summed E-state index contributed by atoms with van der Waals surface area (Å²) in [6.07, 6.45) is 1.52. The molecule has 0 aliphatic carbocycles. The van der Waals surface area contributed by atoms with Gasteiger partial charge in [0, 0.05) is 5.02 Å². The minimum absolute atomic E-state index is 0.250. The minimum Gasteiger partial charge on any atom is -0.461 e. The van der Waals surface area contributed by atoms with Crippen molar-refractivity contribution in [2.75, 3.05) is 5.32 Å². The zero-order valence-corrected chi connectivity index (χ0v) is 15.2. The van der Waals surface area contributed by atoms with E-state index < -0.39 is 0 Å². The van der Waals surface area contributed by atoms with Gasteiger partial charge in [0.05, 0.1) is 28.1 Å². The van der Waals surface area contributed by atoms with Crippen LogP contribution in [0.3, 0.4) is 0 Å². The van der Waals surface area contributed by atoms with Crippen LogP contribution in [0, 0.1) is 0 Å². The van der Waals surface area contributed by atoms with E-state index in [0.717, 1.165) is 0 Å². The van der Waals surface area contributed by atoms with Crippen LogP contribution in [-0.4, -0.2) is 16.0 Å². The number of halogens is 2. The van der Waals surface area contributed by atoms with Crippen LogP contribution < -0.4 is 5.32 Å². The Morgan fingerprint density at radius 1 is 1.04 bits per heavy atom. The second-order valence-electron chi connectivity index (χ2n) is 5.52. The second-order valence-corrected chi connectivity index (χ2v) is 6.37. The van der Waals surface area contributed by atoms with Crippen LogP contribution in [0.2, 0.25) is 10.0 Å². The maximum atomic E-state index is 12.6. The van der Waals surface area contributed by atoms with Crippen molar-refractivity contribution in [1.29, 1.82) is 0 Å². The summed E-state index contributed by atoms with van der Waals surface area (Å²) in [5.74, 6) is 0.672. The summed E-state index contributed by atoms with van der Waals surface area (Å²) < 4.78 is 10.6. The zero-order chi connectivity index (χ0) is 18.8. The third-order valence-electron chi connectivity index (χ3n) is 3.75. The fourth-order valence-corrected chi connectivity index (χ4v) is 2.97. The van der Waals surface area contributed by atoms with Crippen LogP contribution in [0.1, 0.15) is 10.4 Å². The molecule has 4 aromatic rings. The van der Waals surface area contributed by atoms with E-state index in [9.17, 15) is 4.79 Å². The number of nitrogens with one attached hydrogen (secondary N) is 1. The summed E-state index contributed by atoms with van der Waals surface area (Å²) in [5.41, 5.74) is 1.38. The maximum absolute atomic E-state index is 12.6. The van der Waals surface area contributed by atoms with Gasteiger partial charge in [-0.05, 0) is 42.5 Å². The van der Waals surface area contributed by atoms with Crippen molar-refractivity contribution in [3.05, 3.63) is 76.5 Å². The molecule has 0 bridgehead atoms. The van der Waals surface area contributed by atoms with Gasteiger partial charge in [-0.3, -0.25) is 4.79 Å². The third kappa shape index (κ3) is 3.58. The van der Waals surface area contributed by atoms with E-state index in [1.807, 2.05) is 0 Å². The number of furan rings is 1. The average molecular weight is 400 g/mol. The summed E-state index contributed by atoms with van der Waals surface area (Å²) in [7, 11) is 0. The molecule has 134 valence electrons. The van der Waals surface area contributed by atoms with Crippen molar-refractivity contribution >= 4 is 34.8 Å². The monoisotopic (exact) mass is 399 g/mol. The number of anilines is 1. The number of hydrogen-bond donors (Lipinski definition) is 1. The number of nitrogens with zero attached hydrogens (tertiary/aromatic N) is 2. The van der Waals surface area contributed by atoms with E-state index in [-0.39, 0.29) is 16.8 Å². The molecule has 2 aromatic heterocycles. The highest BCUT2D eigenvalue weighted by atomic mass is 35.5. The van der Waals surface area contributed by atoms with Gasteiger partial charge in [-0.25, -0.2) is 0 Å². The molecule has 2 aromatic carbocycles. The summed E-state index contributed by atoms with van der Waals surface area (Å²) in [6, 6.07) is 15.2. The fraction of sp³-hybridized carbons (Fsp3) is 0.